The van der Waals surface area contributed by atoms with Gasteiger partial charge in [-0.15, -0.1) is 0 Å². The van der Waals surface area contributed by atoms with Gasteiger partial charge in [0.2, 0.25) is 5.91 Å². The second kappa shape index (κ2) is 6.56. The monoisotopic (exact) mass is 296 g/mol. The van der Waals surface area contributed by atoms with Gasteiger partial charge in [0.05, 0.1) is 0 Å². The van der Waals surface area contributed by atoms with Crippen LogP contribution in [-0.2, 0) is 4.79 Å². The zero-order chi connectivity index (χ0) is 15.4. The lowest BCUT2D eigenvalue weighted by molar-refractivity contribution is -0.117. The van der Waals surface area contributed by atoms with Crippen molar-refractivity contribution in [3.05, 3.63) is 48.8 Å². The summed E-state index contributed by atoms with van der Waals surface area (Å²) in [4.78, 5) is 16.0. The maximum atomic E-state index is 11.3. The largest absolute Gasteiger partial charge is 0.350 e. The molecule has 1 aromatic heterocycles. The number of hydrogen-bond acceptors (Lipinski definition) is 3. The Morgan fingerprint density at radius 3 is 2.64 bits per heavy atom. The van der Waals surface area contributed by atoms with Crippen molar-refractivity contribution in [2.45, 2.75) is 37.6 Å². The molecule has 0 aliphatic heterocycles. The summed E-state index contributed by atoms with van der Waals surface area (Å²) in [5, 5.41) is 10.4. The van der Waals surface area contributed by atoms with Gasteiger partial charge in [-0.2, -0.15) is 5.10 Å². The van der Waals surface area contributed by atoms with Crippen LogP contribution in [0.25, 0.3) is 11.4 Å². The number of benzene rings is 1. The molecule has 1 fully saturated rings. The standard InChI is InChI=1S/C17H20N4O/c1-2-15(22)18-14-10-8-13(9-11-14)17-19-16(20-21-17)12-6-4-3-5-7-12/h2-7,13-14H,1,8-11H2,(H,18,22)(H,19,20,21). The van der Waals surface area contributed by atoms with Crippen molar-refractivity contribution < 1.29 is 4.79 Å². The first-order chi connectivity index (χ1) is 10.8. The van der Waals surface area contributed by atoms with Crippen molar-refractivity contribution in [2.75, 3.05) is 0 Å². The number of carbonyl (C=O) groups is 1. The predicted molar refractivity (Wildman–Crippen MR) is 85.2 cm³/mol. The van der Waals surface area contributed by atoms with Crippen LogP contribution in [0.2, 0.25) is 0 Å². The second-order valence-electron chi connectivity index (χ2n) is 5.67. The fourth-order valence-electron chi connectivity index (χ4n) is 2.94. The molecule has 5 nitrogen and oxygen atoms in total. The summed E-state index contributed by atoms with van der Waals surface area (Å²) < 4.78 is 0. The number of hydrogen-bond donors (Lipinski definition) is 2. The molecule has 1 saturated carbocycles. The van der Waals surface area contributed by atoms with E-state index in [0.717, 1.165) is 42.9 Å². The van der Waals surface area contributed by atoms with Crippen molar-refractivity contribution in [2.24, 2.45) is 0 Å². The average Bonchev–Trinajstić information content (AvgIpc) is 3.06. The molecule has 22 heavy (non-hydrogen) atoms. The summed E-state index contributed by atoms with van der Waals surface area (Å²) in [6, 6.07) is 10.2. The number of rotatable bonds is 4. The fourth-order valence-corrected chi connectivity index (χ4v) is 2.94. The van der Waals surface area contributed by atoms with Gasteiger partial charge in [-0.3, -0.25) is 9.89 Å². The van der Waals surface area contributed by atoms with E-state index in [1.807, 2.05) is 30.3 Å². The molecule has 0 unspecified atom stereocenters. The summed E-state index contributed by atoms with van der Waals surface area (Å²) in [6.45, 7) is 3.48. The number of carbonyl (C=O) groups excluding carboxylic acids is 1. The Balaban J connectivity index is 1.61. The highest BCUT2D eigenvalue weighted by Crippen LogP contribution is 2.31. The molecule has 0 bridgehead atoms. The van der Waals surface area contributed by atoms with Crippen molar-refractivity contribution in [3.63, 3.8) is 0 Å². The highest BCUT2D eigenvalue weighted by molar-refractivity contribution is 5.87. The van der Waals surface area contributed by atoms with E-state index in [2.05, 4.69) is 27.1 Å². The van der Waals surface area contributed by atoms with Gasteiger partial charge in [-0.25, -0.2) is 4.98 Å². The maximum Gasteiger partial charge on any atom is 0.243 e. The average molecular weight is 296 g/mol. The lowest BCUT2D eigenvalue weighted by Gasteiger charge is -2.27. The molecule has 1 heterocycles. The van der Waals surface area contributed by atoms with Crippen LogP contribution in [0.4, 0.5) is 0 Å². The third-order valence-corrected chi connectivity index (χ3v) is 4.18. The first-order valence-corrected chi connectivity index (χ1v) is 7.67. The molecule has 1 aliphatic rings. The molecule has 1 aromatic carbocycles. The van der Waals surface area contributed by atoms with Crippen LogP contribution in [0.15, 0.2) is 43.0 Å². The Hall–Kier alpha value is -2.43. The van der Waals surface area contributed by atoms with E-state index in [0.29, 0.717) is 5.92 Å². The Labute approximate surface area is 129 Å². The van der Waals surface area contributed by atoms with Crippen molar-refractivity contribution >= 4 is 5.91 Å². The van der Waals surface area contributed by atoms with Crippen LogP contribution in [0.3, 0.4) is 0 Å². The lowest BCUT2D eigenvalue weighted by atomic mass is 9.85. The van der Waals surface area contributed by atoms with E-state index in [-0.39, 0.29) is 11.9 Å². The molecular formula is C17H20N4O. The topological polar surface area (TPSA) is 70.7 Å². The van der Waals surface area contributed by atoms with E-state index in [4.69, 9.17) is 0 Å². The molecule has 5 heteroatoms. The van der Waals surface area contributed by atoms with Gasteiger partial charge in [0, 0.05) is 17.5 Å². The number of aromatic nitrogens is 3. The summed E-state index contributed by atoms with van der Waals surface area (Å²) >= 11 is 0. The Morgan fingerprint density at radius 2 is 1.95 bits per heavy atom. The molecule has 3 rings (SSSR count). The fraction of sp³-hybridized carbons (Fsp3) is 0.353. The van der Waals surface area contributed by atoms with Crippen LogP contribution < -0.4 is 5.32 Å². The second-order valence-corrected chi connectivity index (χ2v) is 5.67. The van der Waals surface area contributed by atoms with Crippen LogP contribution >= 0.6 is 0 Å². The minimum atomic E-state index is -0.0884. The molecule has 114 valence electrons. The zero-order valence-corrected chi connectivity index (χ0v) is 12.5. The molecule has 0 spiro atoms. The molecule has 0 saturated heterocycles. The Kier molecular flexibility index (Phi) is 4.32. The first-order valence-electron chi connectivity index (χ1n) is 7.67. The van der Waals surface area contributed by atoms with E-state index >= 15 is 0 Å². The van der Waals surface area contributed by atoms with Gasteiger partial charge in [-0.1, -0.05) is 36.9 Å². The third-order valence-electron chi connectivity index (χ3n) is 4.18. The predicted octanol–water partition coefficient (Wildman–Crippen LogP) is 2.80. The van der Waals surface area contributed by atoms with E-state index in [9.17, 15) is 4.79 Å². The Morgan fingerprint density at radius 1 is 1.23 bits per heavy atom. The smallest absolute Gasteiger partial charge is 0.243 e. The summed E-state index contributed by atoms with van der Waals surface area (Å²) in [7, 11) is 0. The van der Waals surface area contributed by atoms with Crippen LogP contribution in [0, 0.1) is 0 Å². The zero-order valence-electron chi connectivity index (χ0n) is 12.5. The van der Waals surface area contributed by atoms with Gasteiger partial charge in [0.1, 0.15) is 5.82 Å². The van der Waals surface area contributed by atoms with Gasteiger partial charge in [0.25, 0.3) is 0 Å². The molecule has 0 atom stereocenters. The van der Waals surface area contributed by atoms with Crippen LogP contribution in [-0.4, -0.2) is 27.1 Å². The van der Waals surface area contributed by atoms with Gasteiger partial charge in [-0.05, 0) is 31.8 Å². The highest BCUT2D eigenvalue weighted by atomic mass is 16.1. The minimum absolute atomic E-state index is 0.0884. The van der Waals surface area contributed by atoms with Crippen molar-refractivity contribution in [3.8, 4) is 11.4 Å². The Bertz CT molecular complexity index is 642. The van der Waals surface area contributed by atoms with E-state index in [1.165, 1.54) is 6.08 Å². The first kappa shape index (κ1) is 14.5. The highest BCUT2D eigenvalue weighted by Gasteiger charge is 2.25. The molecular weight excluding hydrogens is 276 g/mol. The van der Waals surface area contributed by atoms with Gasteiger partial charge < -0.3 is 5.32 Å². The quantitative estimate of drug-likeness (QED) is 0.852. The van der Waals surface area contributed by atoms with Gasteiger partial charge in [0.15, 0.2) is 5.82 Å². The lowest BCUT2D eigenvalue weighted by Crippen LogP contribution is -2.36. The number of H-pyrrole nitrogens is 1. The summed E-state index contributed by atoms with van der Waals surface area (Å²) in [5.41, 5.74) is 1.02. The molecule has 2 aromatic rings. The normalized spacial score (nSPS) is 21.3. The summed E-state index contributed by atoms with van der Waals surface area (Å²) in [6.07, 6.45) is 5.27. The number of nitrogens with zero attached hydrogens (tertiary/aromatic N) is 2. The minimum Gasteiger partial charge on any atom is -0.350 e. The number of amides is 1. The van der Waals surface area contributed by atoms with Crippen molar-refractivity contribution in [1.29, 1.82) is 0 Å². The number of aromatic amines is 1. The molecule has 0 radical (unpaired) electrons. The van der Waals surface area contributed by atoms with Gasteiger partial charge >= 0.3 is 0 Å². The van der Waals surface area contributed by atoms with E-state index in [1.54, 1.807) is 0 Å². The maximum absolute atomic E-state index is 11.3. The number of nitrogens with one attached hydrogen (secondary N) is 2. The van der Waals surface area contributed by atoms with Crippen LogP contribution in [0.1, 0.15) is 37.4 Å². The summed E-state index contributed by atoms with van der Waals surface area (Å²) in [5.74, 6) is 2.00. The SMILES string of the molecule is C=CC(=O)NC1CCC(c2nc(-c3ccccc3)n[nH]2)CC1. The van der Waals surface area contributed by atoms with Crippen LogP contribution in [0.5, 0.6) is 0 Å². The van der Waals surface area contributed by atoms with Crippen molar-refractivity contribution in [1.82, 2.24) is 20.5 Å². The van der Waals surface area contributed by atoms with E-state index < -0.39 is 0 Å². The molecule has 2 N–H and O–H groups in total. The third kappa shape index (κ3) is 3.24. The molecule has 1 amide bonds. The molecule has 1 aliphatic carbocycles.